The fourth-order valence-electron chi connectivity index (χ4n) is 1.52. The highest BCUT2D eigenvalue weighted by Crippen LogP contribution is 2.17. The fraction of sp³-hybridized carbons (Fsp3) is 0.286. The first-order valence-electron chi connectivity index (χ1n) is 5.01. The van der Waals surface area contributed by atoms with E-state index in [1.807, 2.05) is 13.0 Å². The van der Waals surface area contributed by atoms with Crippen LogP contribution in [0.2, 0.25) is 0 Å². The molecule has 0 amide bonds. The van der Waals surface area contributed by atoms with E-state index in [9.17, 15) is 0 Å². The summed E-state index contributed by atoms with van der Waals surface area (Å²) in [6, 6.07) is 6.63. The van der Waals surface area contributed by atoms with Gasteiger partial charge in [-0.1, -0.05) is 42.0 Å². The van der Waals surface area contributed by atoms with E-state index in [-0.39, 0.29) is 0 Å². The first-order valence-corrected chi connectivity index (χ1v) is 5.01. The smallest absolute Gasteiger partial charge is 0.0228 e. The molecule has 0 heteroatoms. The Labute approximate surface area is 87.0 Å². The number of benzene rings is 1. The van der Waals surface area contributed by atoms with Crippen LogP contribution < -0.4 is 0 Å². The van der Waals surface area contributed by atoms with Gasteiger partial charge in [-0.2, -0.15) is 0 Å². The summed E-state index contributed by atoms with van der Waals surface area (Å²) in [4.78, 5) is 0. The molecule has 0 spiro atoms. The van der Waals surface area contributed by atoms with Crippen LogP contribution in [-0.2, 0) is 6.42 Å². The van der Waals surface area contributed by atoms with Crippen LogP contribution in [0.15, 0.2) is 37.4 Å². The number of hydrogen-bond acceptors (Lipinski definition) is 0. The summed E-state index contributed by atoms with van der Waals surface area (Å²) < 4.78 is 0. The molecule has 1 aromatic carbocycles. The molecule has 0 fully saturated rings. The van der Waals surface area contributed by atoms with Gasteiger partial charge >= 0.3 is 0 Å². The lowest BCUT2D eigenvalue weighted by Gasteiger charge is -2.06. The molecule has 0 saturated heterocycles. The van der Waals surface area contributed by atoms with Crippen molar-refractivity contribution in [1.29, 1.82) is 0 Å². The SMILES string of the molecule is C=CCCc1cc(C)cc(C(=C)C)c1. The minimum atomic E-state index is 1.04. The lowest BCUT2D eigenvalue weighted by Crippen LogP contribution is -1.88. The minimum absolute atomic E-state index is 1.04. The highest BCUT2D eigenvalue weighted by atomic mass is 14.0. The van der Waals surface area contributed by atoms with E-state index in [0.717, 1.165) is 18.4 Å². The molecule has 0 aliphatic rings. The van der Waals surface area contributed by atoms with Crippen molar-refractivity contribution in [3.63, 3.8) is 0 Å². The number of rotatable bonds is 4. The molecule has 0 saturated carbocycles. The van der Waals surface area contributed by atoms with E-state index in [1.165, 1.54) is 16.7 Å². The maximum atomic E-state index is 3.97. The van der Waals surface area contributed by atoms with Crippen molar-refractivity contribution in [2.24, 2.45) is 0 Å². The van der Waals surface area contributed by atoms with Gasteiger partial charge in [-0.05, 0) is 37.8 Å². The fourth-order valence-corrected chi connectivity index (χ4v) is 1.52. The van der Waals surface area contributed by atoms with Crippen LogP contribution in [0.5, 0.6) is 0 Å². The average molecular weight is 186 g/mol. The van der Waals surface area contributed by atoms with Crippen molar-refractivity contribution in [1.82, 2.24) is 0 Å². The Hall–Kier alpha value is -1.30. The molecule has 0 aromatic heterocycles. The molecule has 0 aliphatic carbocycles. The number of hydrogen-bond donors (Lipinski definition) is 0. The van der Waals surface area contributed by atoms with Crippen molar-refractivity contribution in [3.8, 4) is 0 Å². The summed E-state index contributed by atoms with van der Waals surface area (Å²) in [5.74, 6) is 0. The van der Waals surface area contributed by atoms with Gasteiger partial charge in [0.15, 0.2) is 0 Å². The second-order valence-corrected chi connectivity index (χ2v) is 3.81. The molecular weight excluding hydrogens is 168 g/mol. The Morgan fingerprint density at radius 3 is 2.64 bits per heavy atom. The van der Waals surface area contributed by atoms with Crippen LogP contribution in [0, 0.1) is 6.92 Å². The molecule has 1 rings (SSSR count). The summed E-state index contributed by atoms with van der Waals surface area (Å²) in [7, 11) is 0. The van der Waals surface area contributed by atoms with E-state index in [1.54, 1.807) is 0 Å². The zero-order chi connectivity index (χ0) is 10.6. The van der Waals surface area contributed by atoms with Gasteiger partial charge < -0.3 is 0 Å². The lowest BCUT2D eigenvalue weighted by atomic mass is 10.00. The predicted molar refractivity (Wildman–Crippen MR) is 64.4 cm³/mol. The maximum absolute atomic E-state index is 3.97. The second kappa shape index (κ2) is 4.80. The van der Waals surface area contributed by atoms with Crippen LogP contribution in [-0.4, -0.2) is 0 Å². The molecule has 0 heterocycles. The normalized spacial score (nSPS) is 9.86. The summed E-state index contributed by atoms with van der Waals surface area (Å²) in [5, 5.41) is 0. The van der Waals surface area contributed by atoms with Crippen molar-refractivity contribution in [2.45, 2.75) is 26.7 Å². The van der Waals surface area contributed by atoms with Gasteiger partial charge in [0.05, 0.1) is 0 Å². The van der Waals surface area contributed by atoms with Gasteiger partial charge in [0.25, 0.3) is 0 Å². The zero-order valence-electron chi connectivity index (χ0n) is 9.14. The van der Waals surface area contributed by atoms with Gasteiger partial charge in [-0.3, -0.25) is 0 Å². The first-order chi connectivity index (χ1) is 6.63. The molecule has 0 unspecified atom stereocenters. The van der Waals surface area contributed by atoms with E-state index in [2.05, 4.69) is 38.3 Å². The first kappa shape index (κ1) is 10.8. The van der Waals surface area contributed by atoms with Gasteiger partial charge in [0, 0.05) is 0 Å². The van der Waals surface area contributed by atoms with Crippen LogP contribution >= 0.6 is 0 Å². The van der Waals surface area contributed by atoms with E-state index >= 15 is 0 Å². The van der Waals surface area contributed by atoms with Gasteiger partial charge in [-0.15, -0.1) is 6.58 Å². The van der Waals surface area contributed by atoms with Crippen LogP contribution in [0.25, 0.3) is 5.57 Å². The van der Waals surface area contributed by atoms with E-state index in [4.69, 9.17) is 0 Å². The summed E-state index contributed by atoms with van der Waals surface area (Å²) in [6.45, 7) is 11.9. The van der Waals surface area contributed by atoms with Crippen molar-refractivity contribution < 1.29 is 0 Å². The molecule has 0 radical (unpaired) electrons. The molecule has 14 heavy (non-hydrogen) atoms. The molecular formula is C14H18. The molecule has 0 atom stereocenters. The molecule has 0 aliphatic heterocycles. The average Bonchev–Trinajstić information content (AvgIpc) is 2.14. The Morgan fingerprint density at radius 1 is 1.36 bits per heavy atom. The third-order valence-electron chi connectivity index (χ3n) is 2.27. The standard InChI is InChI=1S/C14H18/c1-5-6-7-13-8-12(4)9-14(10-13)11(2)3/h5,8-10H,1-2,6-7H2,3-4H3. The van der Waals surface area contributed by atoms with Gasteiger partial charge in [0.1, 0.15) is 0 Å². The van der Waals surface area contributed by atoms with Crippen LogP contribution in [0.3, 0.4) is 0 Å². The largest absolute Gasteiger partial charge is 0.103 e. The second-order valence-electron chi connectivity index (χ2n) is 3.81. The Kier molecular flexibility index (Phi) is 3.70. The quantitative estimate of drug-likeness (QED) is 0.620. The van der Waals surface area contributed by atoms with Crippen LogP contribution in [0.1, 0.15) is 30.0 Å². The Bertz CT molecular complexity index is 345. The Balaban J connectivity index is 2.94. The predicted octanol–water partition coefficient (Wildman–Crippen LogP) is 4.15. The van der Waals surface area contributed by atoms with Crippen molar-refractivity contribution in [3.05, 3.63) is 54.1 Å². The van der Waals surface area contributed by atoms with E-state index < -0.39 is 0 Å². The van der Waals surface area contributed by atoms with E-state index in [0.29, 0.717) is 0 Å². The maximum Gasteiger partial charge on any atom is -0.0228 e. The third-order valence-corrected chi connectivity index (χ3v) is 2.27. The molecule has 0 bridgehead atoms. The summed E-state index contributed by atoms with van der Waals surface area (Å²) >= 11 is 0. The lowest BCUT2D eigenvalue weighted by molar-refractivity contribution is 1.000. The van der Waals surface area contributed by atoms with Crippen molar-refractivity contribution >= 4 is 5.57 Å². The topological polar surface area (TPSA) is 0 Å². The Morgan fingerprint density at radius 2 is 2.07 bits per heavy atom. The van der Waals surface area contributed by atoms with Crippen LogP contribution in [0.4, 0.5) is 0 Å². The summed E-state index contributed by atoms with van der Waals surface area (Å²) in [6.07, 6.45) is 4.08. The summed E-state index contributed by atoms with van der Waals surface area (Å²) in [5.41, 5.74) is 5.07. The monoisotopic (exact) mass is 186 g/mol. The third kappa shape index (κ3) is 2.88. The molecule has 0 N–H and O–H groups in total. The zero-order valence-corrected chi connectivity index (χ0v) is 9.14. The minimum Gasteiger partial charge on any atom is -0.103 e. The van der Waals surface area contributed by atoms with Gasteiger partial charge in [0.2, 0.25) is 0 Å². The molecule has 1 aromatic rings. The highest BCUT2D eigenvalue weighted by Gasteiger charge is 1.98. The van der Waals surface area contributed by atoms with Gasteiger partial charge in [-0.25, -0.2) is 0 Å². The highest BCUT2D eigenvalue weighted by molar-refractivity contribution is 5.62. The molecule has 0 nitrogen and oxygen atoms in total. The molecule has 74 valence electrons. The number of allylic oxidation sites excluding steroid dienone is 2. The number of aryl methyl sites for hydroxylation is 2. The van der Waals surface area contributed by atoms with Crippen molar-refractivity contribution in [2.75, 3.05) is 0 Å².